The molecule has 0 aromatic carbocycles. The van der Waals surface area contributed by atoms with Crippen LogP contribution >= 0.6 is 0 Å². The lowest BCUT2D eigenvalue weighted by Gasteiger charge is -2.49. The Kier molecular flexibility index (Phi) is 2.89. The number of rotatable bonds is 1. The molecule has 0 spiro atoms. The molecule has 3 heteroatoms. The summed E-state index contributed by atoms with van der Waals surface area (Å²) < 4.78 is 0. The van der Waals surface area contributed by atoms with Crippen LogP contribution in [-0.4, -0.2) is 28.9 Å². The lowest BCUT2D eigenvalue weighted by molar-refractivity contribution is -0.146. The fourth-order valence-electron chi connectivity index (χ4n) is 3.93. The number of carbonyl (C=O) groups is 1. The van der Waals surface area contributed by atoms with Gasteiger partial charge in [-0.15, -0.1) is 0 Å². The predicted molar refractivity (Wildman–Crippen MR) is 67.5 cm³/mol. The molecule has 2 saturated carbocycles. The summed E-state index contributed by atoms with van der Waals surface area (Å²) in [6.07, 6.45) is 10.6. The van der Waals surface area contributed by atoms with Crippen molar-refractivity contribution < 1.29 is 4.79 Å². The second-order valence-corrected chi connectivity index (χ2v) is 6.26. The van der Waals surface area contributed by atoms with Gasteiger partial charge in [0.05, 0.1) is 5.54 Å². The number of piperidine rings is 1. The highest BCUT2D eigenvalue weighted by Gasteiger charge is 2.46. The highest BCUT2D eigenvalue weighted by Crippen LogP contribution is 2.38. The van der Waals surface area contributed by atoms with Gasteiger partial charge in [0.2, 0.25) is 5.91 Å². The van der Waals surface area contributed by atoms with E-state index in [2.05, 4.69) is 4.90 Å². The summed E-state index contributed by atoms with van der Waals surface area (Å²) in [5.41, 5.74) is 5.72. The zero-order valence-electron chi connectivity index (χ0n) is 10.7. The van der Waals surface area contributed by atoms with Crippen molar-refractivity contribution >= 4 is 5.91 Å². The molecule has 0 radical (unpaired) electrons. The average molecular weight is 236 g/mol. The van der Waals surface area contributed by atoms with Gasteiger partial charge in [-0.2, -0.15) is 0 Å². The van der Waals surface area contributed by atoms with E-state index in [0.29, 0.717) is 6.04 Å². The molecule has 2 atom stereocenters. The maximum atomic E-state index is 12.6. The van der Waals surface area contributed by atoms with Gasteiger partial charge >= 0.3 is 0 Å². The van der Waals surface area contributed by atoms with E-state index >= 15 is 0 Å². The van der Waals surface area contributed by atoms with Crippen LogP contribution in [0.4, 0.5) is 0 Å². The van der Waals surface area contributed by atoms with Gasteiger partial charge in [-0.3, -0.25) is 4.79 Å². The topological polar surface area (TPSA) is 46.3 Å². The Balaban J connectivity index is 1.74. The van der Waals surface area contributed by atoms with Gasteiger partial charge in [0, 0.05) is 12.6 Å². The van der Waals surface area contributed by atoms with Crippen LogP contribution in [0.25, 0.3) is 0 Å². The van der Waals surface area contributed by atoms with Crippen LogP contribution in [0.2, 0.25) is 0 Å². The smallest absolute Gasteiger partial charge is 0.242 e. The summed E-state index contributed by atoms with van der Waals surface area (Å²) in [7, 11) is 0. The van der Waals surface area contributed by atoms with Crippen LogP contribution in [0.15, 0.2) is 0 Å². The fraction of sp³-hybridized carbons (Fsp3) is 0.929. The Labute approximate surface area is 104 Å². The number of nitrogens with zero attached hydrogens (tertiary/aromatic N) is 1. The first-order chi connectivity index (χ1) is 8.21. The van der Waals surface area contributed by atoms with Crippen LogP contribution in [-0.2, 0) is 4.79 Å². The van der Waals surface area contributed by atoms with Crippen molar-refractivity contribution in [2.24, 2.45) is 11.7 Å². The summed E-state index contributed by atoms with van der Waals surface area (Å²) in [4.78, 5) is 14.7. The third kappa shape index (κ3) is 1.88. The molecule has 96 valence electrons. The maximum Gasteiger partial charge on any atom is 0.242 e. The van der Waals surface area contributed by atoms with E-state index in [1.807, 2.05) is 0 Å². The minimum Gasteiger partial charge on any atom is -0.338 e. The van der Waals surface area contributed by atoms with E-state index in [9.17, 15) is 4.79 Å². The molecule has 1 heterocycles. The number of fused-ring (bicyclic) bond motifs is 1. The predicted octanol–water partition coefficient (Wildman–Crippen LogP) is 2.05. The highest BCUT2D eigenvalue weighted by atomic mass is 16.2. The van der Waals surface area contributed by atoms with E-state index in [-0.39, 0.29) is 5.91 Å². The minimum atomic E-state index is -0.487. The van der Waals surface area contributed by atoms with Gasteiger partial charge in [-0.1, -0.05) is 12.8 Å². The molecule has 17 heavy (non-hydrogen) atoms. The third-order valence-electron chi connectivity index (χ3n) is 5.18. The van der Waals surface area contributed by atoms with Crippen molar-refractivity contribution in [3.8, 4) is 0 Å². The zero-order valence-corrected chi connectivity index (χ0v) is 10.7. The Morgan fingerprint density at radius 3 is 2.47 bits per heavy atom. The summed E-state index contributed by atoms with van der Waals surface area (Å²) in [5, 5.41) is 0. The molecule has 1 amide bonds. The first-order valence-electron chi connectivity index (χ1n) is 7.31. The molecule has 2 N–H and O–H groups in total. The molecule has 1 aliphatic heterocycles. The molecule has 0 aromatic rings. The standard InChI is InChI=1S/C14H24N2O/c15-14(8-4-9-14)13(17)16-10-3-6-11-5-1-2-7-12(11)16/h11-12H,1-10,15H2/t11-,12-/m1/s1. The second-order valence-electron chi connectivity index (χ2n) is 6.26. The van der Waals surface area contributed by atoms with Crippen molar-refractivity contribution in [1.29, 1.82) is 0 Å². The molecule has 0 bridgehead atoms. The Morgan fingerprint density at radius 2 is 1.76 bits per heavy atom. The molecule has 1 saturated heterocycles. The van der Waals surface area contributed by atoms with Crippen molar-refractivity contribution in [2.45, 2.75) is 69.4 Å². The van der Waals surface area contributed by atoms with Gasteiger partial charge < -0.3 is 10.6 Å². The molecule has 0 aromatic heterocycles. The van der Waals surface area contributed by atoms with E-state index in [1.165, 1.54) is 38.5 Å². The largest absolute Gasteiger partial charge is 0.338 e. The molecule has 2 aliphatic carbocycles. The van der Waals surface area contributed by atoms with Crippen LogP contribution < -0.4 is 5.73 Å². The molecule has 0 unspecified atom stereocenters. The summed E-state index contributed by atoms with van der Waals surface area (Å²) >= 11 is 0. The number of carbonyl (C=O) groups excluding carboxylic acids is 1. The number of likely N-dealkylation sites (tertiary alicyclic amines) is 1. The Bertz CT molecular complexity index is 309. The third-order valence-corrected chi connectivity index (χ3v) is 5.18. The lowest BCUT2D eigenvalue weighted by atomic mass is 9.73. The summed E-state index contributed by atoms with van der Waals surface area (Å²) in [6.45, 7) is 0.957. The number of amides is 1. The van der Waals surface area contributed by atoms with Crippen molar-refractivity contribution in [1.82, 2.24) is 4.90 Å². The van der Waals surface area contributed by atoms with Gasteiger partial charge in [-0.05, 0) is 50.9 Å². The number of nitrogens with two attached hydrogens (primary N) is 1. The first-order valence-corrected chi connectivity index (χ1v) is 7.31. The lowest BCUT2D eigenvalue weighted by Crippen LogP contribution is -2.63. The number of hydrogen-bond acceptors (Lipinski definition) is 2. The molecular weight excluding hydrogens is 212 g/mol. The normalized spacial score (nSPS) is 35.9. The SMILES string of the molecule is NC1(C(=O)N2CCC[C@H]3CCCC[C@H]32)CCC1. The van der Waals surface area contributed by atoms with Gasteiger partial charge in [0.1, 0.15) is 0 Å². The average Bonchev–Trinajstić information content (AvgIpc) is 2.34. The molecule has 3 rings (SSSR count). The summed E-state index contributed by atoms with van der Waals surface area (Å²) in [6, 6.07) is 0.519. The van der Waals surface area contributed by atoms with E-state index in [4.69, 9.17) is 5.73 Å². The van der Waals surface area contributed by atoms with Crippen molar-refractivity contribution in [3.63, 3.8) is 0 Å². The second kappa shape index (κ2) is 4.27. The molecule has 3 nitrogen and oxygen atoms in total. The van der Waals surface area contributed by atoms with E-state index in [0.717, 1.165) is 31.7 Å². The molecular formula is C14H24N2O. The quantitative estimate of drug-likeness (QED) is 0.757. The van der Waals surface area contributed by atoms with Gasteiger partial charge in [0.15, 0.2) is 0 Å². The van der Waals surface area contributed by atoms with Crippen LogP contribution in [0.3, 0.4) is 0 Å². The van der Waals surface area contributed by atoms with E-state index in [1.54, 1.807) is 0 Å². The summed E-state index contributed by atoms with van der Waals surface area (Å²) in [5.74, 6) is 1.03. The van der Waals surface area contributed by atoms with Gasteiger partial charge in [-0.25, -0.2) is 0 Å². The van der Waals surface area contributed by atoms with E-state index < -0.39 is 5.54 Å². The maximum absolute atomic E-state index is 12.6. The first kappa shape index (κ1) is 11.5. The number of hydrogen-bond donors (Lipinski definition) is 1. The van der Waals surface area contributed by atoms with Crippen LogP contribution in [0, 0.1) is 5.92 Å². The van der Waals surface area contributed by atoms with Crippen molar-refractivity contribution in [2.75, 3.05) is 6.54 Å². The minimum absolute atomic E-state index is 0.264. The fourth-order valence-corrected chi connectivity index (χ4v) is 3.93. The molecule has 3 aliphatic rings. The zero-order chi connectivity index (χ0) is 11.9. The highest BCUT2D eigenvalue weighted by molar-refractivity contribution is 5.87. The van der Waals surface area contributed by atoms with Crippen molar-refractivity contribution in [3.05, 3.63) is 0 Å². The monoisotopic (exact) mass is 236 g/mol. The van der Waals surface area contributed by atoms with Crippen LogP contribution in [0.5, 0.6) is 0 Å². The molecule has 3 fully saturated rings. The Morgan fingerprint density at radius 1 is 1.06 bits per heavy atom. The Hall–Kier alpha value is -0.570. The van der Waals surface area contributed by atoms with Gasteiger partial charge in [0.25, 0.3) is 0 Å². The van der Waals surface area contributed by atoms with Crippen LogP contribution in [0.1, 0.15) is 57.8 Å².